The Morgan fingerprint density at radius 3 is 2.55 bits per heavy atom. The van der Waals surface area contributed by atoms with Crippen LogP contribution in [-0.4, -0.2) is 29.9 Å². The van der Waals surface area contributed by atoms with E-state index in [0.29, 0.717) is 24.7 Å². The summed E-state index contributed by atoms with van der Waals surface area (Å²) in [6.07, 6.45) is 3.51. The molecule has 1 unspecified atom stereocenters. The van der Waals surface area contributed by atoms with Crippen LogP contribution in [0.4, 0.5) is 0 Å². The molecule has 1 aromatic rings. The first-order valence-corrected chi connectivity index (χ1v) is 7.69. The second-order valence-electron chi connectivity index (χ2n) is 6.26. The van der Waals surface area contributed by atoms with Crippen molar-refractivity contribution in [2.45, 2.75) is 57.9 Å². The van der Waals surface area contributed by atoms with Crippen molar-refractivity contribution >= 4 is 0 Å². The summed E-state index contributed by atoms with van der Waals surface area (Å²) in [5, 5.41) is 12.9. The zero-order chi connectivity index (χ0) is 14.4. The highest BCUT2D eigenvalue weighted by Gasteiger charge is 2.31. The molecule has 0 saturated heterocycles. The van der Waals surface area contributed by atoms with Gasteiger partial charge in [-0.15, -0.1) is 0 Å². The fourth-order valence-corrected chi connectivity index (χ4v) is 2.72. The second kappa shape index (κ2) is 7.77. The molecule has 0 aromatic heterocycles. The Kier molecular flexibility index (Phi) is 6.02. The molecule has 3 heteroatoms. The maximum Gasteiger partial charge on any atom is 0.0720 e. The summed E-state index contributed by atoms with van der Waals surface area (Å²) in [6.45, 7) is 5.31. The van der Waals surface area contributed by atoms with Gasteiger partial charge in [0.25, 0.3) is 0 Å². The van der Waals surface area contributed by atoms with Crippen molar-refractivity contribution in [2.24, 2.45) is 5.92 Å². The first-order valence-electron chi connectivity index (χ1n) is 7.69. The molecule has 20 heavy (non-hydrogen) atoms. The third-order valence-corrected chi connectivity index (χ3v) is 3.87. The fraction of sp³-hybridized carbons (Fsp3) is 0.647. The van der Waals surface area contributed by atoms with E-state index in [4.69, 9.17) is 4.74 Å². The van der Waals surface area contributed by atoms with Gasteiger partial charge in [-0.05, 0) is 30.7 Å². The van der Waals surface area contributed by atoms with Gasteiger partial charge in [0, 0.05) is 12.1 Å². The Balaban J connectivity index is 1.62. The molecule has 0 spiro atoms. The summed E-state index contributed by atoms with van der Waals surface area (Å²) in [5.41, 5.74) is 1.23. The highest BCUT2D eigenvalue weighted by molar-refractivity contribution is 5.13. The first-order chi connectivity index (χ1) is 9.67. The van der Waals surface area contributed by atoms with Crippen LogP contribution in [0.5, 0.6) is 0 Å². The number of benzene rings is 1. The lowest BCUT2D eigenvalue weighted by Crippen LogP contribution is -2.50. The van der Waals surface area contributed by atoms with Gasteiger partial charge >= 0.3 is 0 Å². The summed E-state index contributed by atoms with van der Waals surface area (Å²) in [7, 11) is 0. The van der Waals surface area contributed by atoms with Gasteiger partial charge in [0.05, 0.1) is 19.3 Å². The number of aliphatic hydroxyl groups is 1. The average Bonchev–Trinajstić information content (AvgIpc) is 2.40. The molecule has 0 bridgehead atoms. The van der Waals surface area contributed by atoms with Crippen molar-refractivity contribution in [3.8, 4) is 0 Å². The van der Waals surface area contributed by atoms with Crippen LogP contribution in [0.2, 0.25) is 0 Å². The summed E-state index contributed by atoms with van der Waals surface area (Å²) in [5.74, 6) is 0.616. The molecular weight excluding hydrogens is 250 g/mol. The summed E-state index contributed by atoms with van der Waals surface area (Å²) >= 11 is 0. The minimum absolute atomic E-state index is 0.226. The van der Waals surface area contributed by atoms with Crippen molar-refractivity contribution in [3.05, 3.63) is 35.9 Å². The van der Waals surface area contributed by atoms with Crippen molar-refractivity contribution in [1.29, 1.82) is 0 Å². The van der Waals surface area contributed by atoms with Crippen LogP contribution >= 0.6 is 0 Å². The van der Waals surface area contributed by atoms with Gasteiger partial charge in [-0.3, -0.25) is 0 Å². The molecule has 2 N–H and O–H groups in total. The average molecular weight is 277 g/mol. The number of hydrogen-bond acceptors (Lipinski definition) is 3. The van der Waals surface area contributed by atoms with Crippen LogP contribution in [0, 0.1) is 5.92 Å². The van der Waals surface area contributed by atoms with E-state index in [-0.39, 0.29) is 12.6 Å². The zero-order valence-electron chi connectivity index (χ0n) is 12.6. The zero-order valence-corrected chi connectivity index (χ0v) is 12.6. The Hall–Kier alpha value is -0.900. The molecule has 0 radical (unpaired) electrons. The van der Waals surface area contributed by atoms with E-state index in [1.165, 1.54) is 5.56 Å². The van der Waals surface area contributed by atoms with Gasteiger partial charge in [0.2, 0.25) is 0 Å². The van der Waals surface area contributed by atoms with Gasteiger partial charge in [-0.1, -0.05) is 44.2 Å². The van der Waals surface area contributed by atoms with Gasteiger partial charge < -0.3 is 15.2 Å². The smallest absolute Gasteiger partial charge is 0.0720 e. The molecule has 1 saturated carbocycles. The van der Waals surface area contributed by atoms with Crippen molar-refractivity contribution < 1.29 is 9.84 Å². The van der Waals surface area contributed by atoms with Crippen molar-refractivity contribution in [2.75, 3.05) is 6.61 Å². The van der Waals surface area contributed by atoms with Crippen LogP contribution < -0.4 is 5.32 Å². The van der Waals surface area contributed by atoms with Crippen molar-refractivity contribution in [3.63, 3.8) is 0 Å². The van der Waals surface area contributed by atoms with Crippen molar-refractivity contribution in [1.82, 2.24) is 5.32 Å². The van der Waals surface area contributed by atoms with E-state index in [1.54, 1.807) is 0 Å². The van der Waals surface area contributed by atoms with Gasteiger partial charge in [0.15, 0.2) is 0 Å². The highest BCUT2D eigenvalue weighted by atomic mass is 16.5. The van der Waals surface area contributed by atoms with E-state index in [0.717, 1.165) is 19.3 Å². The first kappa shape index (κ1) is 15.5. The largest absolute Gasteiger partial charge is 0.395 e. The quantitative estimate of drug-likeness (QED) is 0.767. The number of nitrogens with one attached hydrogen (secondary N) is 1. The van der Waals surface area contributed by atoms with Crippen LogP contribution in [0.25, 0.3) is 0 Å². The Bertz CT molecular complexity index is 374. The normalized spacial score (nSPS) is 23.6. The molecule has 2 rings (SSSR count). The molecule has 0 amide bonds. The number of ether oxygens (including phenoxy) is 1. The van der Waals surface area contributed by atoms with Crippen LogP contribution in [0.15, 0.2) is 30.3 Å². The second-order valence-corrected chi connectivity index (χ2v) is 6.26. The molecule has 0 aliphatic heterocycles. The van der Waals surface area contributed by atoms with Crippen LogP contribution in [-0.2, 0) is 11.3 Å². The topological polar surface area (TPSA) is 41.5 Å². The maximum atomic E-state index is 9.37. The van der Waals surface area contributed by atoms with E-state index in [1.807, 2.05) is 18.2 Å². The van der Waals surface area contributed by atoms with Crippen LogP contribution in [0.1, 0.15) is 38.7 Å². The third-order valence-electron chi connectivity index (χ3n) is 3.87. The highest BCUT2D eigenvalue weighted by Crippen LogP contribution is 2.25. The Morgan fingerprint density at radius 1 is 1.25 bits per heavy atom. The summed E-state index contributed by atoms with van der Waals surface area (Å²) in [6, 6.07) is 11.0. The predicted octanol–water partition coefficient (Wildman–Crippen LogP) is 2.73. The van der Waals surface area contributed by atoms with Gasteiger partial charge in [-0.25, -0.2) is 0 Å². The number of aliphatic hydroxyl groups excluding tert-OH is 1. The standard InChI is InChI=1S/C17H27NO2/c1-13(2)8-16(11-19)18-15-9-17(10-15)20-12-14-6-4-3-5-7-14/h3-7,13,15-19H,8-12H2,1-2H3. The lowest BCUT2D eigenvalue weighted by molar-refractivity contribution is -0.0306. The third kappa shape index (κ3) is 4.89. The summed E-state index contributed by atoms with van der Waals surface area (Å²) in [4.78, 5) is 0. The predicted molar refractivity (Wildman–Crippen MR) is 81.5 cm³/mol. The molecule has 0 heterocycles. The summed E-state index contributed by atoms with van der Waals surface area (Å²) < 4.78 is 5.89. The van der Waals surface area contributed by atoms with Gasteiger partial charge in [-0.2, -0.15) is 0 Å². The molecule has 1 atom stereocenters. The molecule has 1 aromatic carbocycles. The van der Waals surface area contributed by atoms with Gasteiger partial charge in [0.1, 0.15) is 0 Å². The van der Waals surface area contributed by atoms with E-state index in [2.05, 4.69) is 31.3 Å². The lowest BCUT2D eigenvalue weighted by atomic mass is 9.88. The Morgan fingerprint density at radius 2 is 1.95 bits per heavy atom. The molecule has 1 aliphatic carbocycles. The Labute approximate surface area is 122 Å². The monoisotopic (exact) mass is 277 g/mol. The lowest BCUT2D eigenvalue weighted by Gasteiger charge is -2.38. The maximum absolute atomic E-state index is 9.37. The molecule has 1 fully saturated rings. The van der Waals surface area contributed by atoms with E-state index < -0.39 is 0 Å². The number of hydrogen-bond donors (Lipinski definition) is 2. The molecule has 112 valence electrons. The SMILES string of the molecule is CC(C)CC(CO)NC1CC(OCc2ccccc2)C1. The molecule has 1 aliphatic rings. The molecule has 3 nitrogen and oxygen atoms in total. The van der Waals surface area contributed by atoms with Crippen LogP contribution in [0.3, 0.4) is 0 Å². The van der Waals surface area contributed by atoms with E-state index >= 15 is 0 Å². The minimum atomic E-state index is 0.226. The molecular formula is C17H27NO2. The number of rotatable bonds is 8. The van der Waals surface area contributed by atoms with E-state index in [9.17, 15) is 5.11 Å². The minimum Gasteiger partial charge on any atom is -0.395 e. The fourth-order valence-electron chi connectivity index (χ4n) is 2.72.